The van der Waals surface area contributed by atoms with Crippen molar-refractivity contribution in [3.05, 3.63) is 11.3 Å². The summed E-state index contributed by atoms with van der Waals surface area (Å²) in [5.41, 5.74) is 3.83. The summed E-state index contributed by atoms with van der Waals surface area (Å²) in [4.78, 5) is 15.4. The molecule has 0 spiro atoms. The lowest BCUT2D eigenvalue weighted by atomic mass is 10.1. The highest BCUT2D eigenvalue weighted by Crippen LogP contribution is 2.32. The lowest BCUT2D eigenvalue weighted by Crippen LogP contribution is -2.36. The molecule has 2 nitrogen and oxygen atoms in total. The molecule has 0 aliphatic carbocycles. The SMILES string of the molecule is CCCC/C(=C/[Si](CCCC)(CCCC)CCCC)C(=O)N1CCCC1. The molecule has 1 aliphatic rings. The highest BCUT2D eigenvalue weighted by Gasteiger charge is 2.31. The van der Waals surface area contributed by atoms with Crippen molar-refractivity contribution in [1.29, 1.82) is 0 Å². The van der Waals surface area contributed by atoms with Gasteiger partial charge < -0.3 is 4.90 Å². The lowest BCUT2D eigenvalue weighted by molar-refractivity contribution is -0.126. The average Bonchev–Trinajstić information content (AvgIpc) is 3.20. The van der Waals surface area contributed by atoms with Gasteiger partial charge in [0.25, 0.3) is 0 Å². The van der Waals surface area contributed by atoms with E-state index in [1.165, 1.54) is 81.5 Å². The first-order chi connectivity index (χ1) is 12.6. The molecule has 0 aromatic rings. The zero-order valence-electron chi connectivity index (χ0n) is 18.2. The van der Waals surface area contributed by atoms with E-state index in [1.807, 2.05) is 0 Å². The number of carbonyl (C=O) groups is 1. The Balaban J connectivity index is 3.11. The van der Waals surface area contributed by atoms with E-state index in [9.17, 15) is 4.79 Å². The van der Waals surface area contributed by atoms with E-state index in [0.29, 0.717) is 5.91 Å². The predicted octanol–water partition coefficient (Wildman–Crippen LogP) is 7.11. The lowest BCUT2D eigenvalue weighted by Gasteiger charge is -2.31. The largest absolute Gasteiger partial charge is 0.339 e. The Bertz CT molecular complexity index is 391. The summed E-state index contributed by atoms with van der Waals surface area (Å²) in [6.07, 6.45) is 13.6. The van der Waals surface area contributed by atoms with Crippen LogP contribution in [0.15, 0.2) is 11.3 Å². The number of carbonyl (C=O) groups excluding carboxylic acids is 1. The molecular weight excluding hydrogens is 334 g/mol. The second-order valence-corrected chi connectivity index (χ2v) is 13.0. The molecule has 0 N–H and O–H groups in total. The molecule has 0 bridgehead atoms. The van der Waals surface area contributed by atoms with E-state index in [1.54, 1.807) is 0 Å². The fourth-order valence-corrected chi connectivity index (χ4v) is 9.64. The smallest absolute Gasteiger partial charge is 0.249 e. The fourth-order valence-electron chi connectivity index (χ4n) is 4.28. The Morgan fingerprint density at radius 1 is 0.808 bits per heavy atom. The van der Waals surface area contributed by atoms with E-state index >= 15 is 0 Å². The zero-order valence-corrected chi connectivity index (χ0v) is 19.2. The number of nitrogens with zero attached hydrogens (tertiary/aromatic N) is 1. The van der Waals surface area contributed by atoms with Gasteiger partial charge in [-0.1, -0.05) is 96.5 Å². The third kappa shape index (κ3) is 7.98. The van der Waals surface area contributed by atoms with Crippen molar-refractivity contribution >= 4 is 14.0 Å². The summed E-state index contributed by atoms with van der Waals surface area (Å²) in [5.74, 6) is 0.386. The van der Waals surface area contributed by atoms with Gasteiger partial charge in [-0.05, 0) is 25.7 Å². The second-order valence-electron chi connectivity index (χ2n) is 8.45. The van der Waals surface area contributed by atoms with Crippen LogP contribution in [0.4, 0.5) is 0 Å². The summed E-state index contributed by atoms with van der Waals surface area (Å²) in [6.45, 7) is 11.2. The highest BCUT2D eigenvalue weighted by molar-refractivity contribution is 6.84. The van der Waals surface area contributed by atoms with Gasteiger partial charge in [-0.2, -0.15) is 0 Å². The van der Waals surface area contributed by atoms with Gasteiger partial charge >= 0.3 is 0 Å². The van der Waals surface area contributed by atoms with Gasteiger partial charge in [0.2, 0.25) is 5.91 Å². The minimum Gasteiger partial charge on any atom is -0.339 e. The molecule has 1 rings (SSSR count). The first-order valence-electron chi connectivity index (χ1n) is 11.6. The first kappa shape index (κ1) is 23.5. The molecule has 0 aromatic carbocycles. The van der Waals surface area contributed by atoms with Gasteiger partial charge in [0, 0.05) is 18.7 Å². The monoisotopic (exact) mass is 379 g/mol. The van der Waals surface area contributed by atoms with Crippen LogP contribution in [-0.2, 0) is 4.79 Å². The van der Waals surface area contributed by atoms with E-state index < -0.39 is 8.07 Å². The standard InChI is InChI=1S/C23H45NOSi/c1-5-9-15-22(23(25)24-16-13-14-17-24)21-26(18-10-6-2,19-11-7-3)20-12-8-4/h21H,5-20H2,1-4H3/b22-21-. The van der Waals surface area contributed by atoms with Crippen LogP contribution in [0.3, 0.4) is 0 Å². The van der Waals surface area contributed by atoms with Gasteiger partial charge in [0.05, 0.1) is 8.07 Å². The van der Waals surface area contributed by atoms with Crippen molar-refractivity contribution in [3.8, 4) is 0 Å². The Morgan fingerprint density at radius 2 is 1.27 bits per heavy atom. The van der Waals surface area contributed by atoms with Crippen molar-refractivity contribution in [2.24, 2.45) is 0 Å². The molecule has 0 atom stereocenters. The quantitative estimate of drug-likeness (QED) is 0.232. The molecule has 3 heteroatoms. The molecule has 1 saturated heterocycles. The Hall–Kier alpha value is -0.573. The molecule has 26 heavy (non-hydrogen) atoms. The summed E-state index contributed by atoms with van der Waals surface area (Å²) < 4.78 is 0. The van der Waals surface area contributed by atoms with Gasteiger partial charge in [-0.25, -0.2) is 0 Å². The molecule has 0 aromatic heterocycles. The van der Waals surface area contributed by atoms with E-state index in [0.717, 1.165) is 25.9 Å². The summed E-state index contributed by atoms with van der Waals surface area (Å²) in [5, 5.41) is 0. The molecule has 1 aliphatic heterocycles. The Morgan fingerprint density at radius 3 is 1.69 bits per heavy atom. The van der Waals surface area contributed by atoms with Crippen LogP contribution in [-0.4, -0.2) is 32.0 Å². The van der Waals surface area contributed by atoms with Crippen LogP contribution < -0.4 is 0 Å². The Labute approximate surface area is 164 Å². The van der Waals surface area contributed by atoms with Gasteiger partial charge in [-0.15, -0.1) is 0 Å². The number of unbranched alkanes of at least 4 members (excludes halogenated alkanes) is 4. The minimum absolute atomic E-state index is 0.386. The van der Waals surface area contributed by atoms with E-state index in [2.05, 4.69) is 38.3 Å². The molecule has 1 amide bonds. The van der Waals surface area contributed by atoms with Gasteiger partial charge in [0.1, 0.15) is 0 Å². The molecule has 0 saturated carbocycles. The van der Waals surface area contributed by atoms with Crippen LogP contribution in [0.2, 0.25) is 18.1 Å². The van der Waals surface area contributed by atoms with Crippen molar-refractivity contribution in [3.63, 3.8) is 0 Å². The van der Waals surface area contributed by atoms with E-state index in [-0.39, 0.29) is 0 Å². The molecule has 1 heterocycles. The van der Waals surface area contributed by atoms with Crippen molar-refractivity contribution in [1.82, 2.24) is 4.90 Å². The van der Waals surface area contributed by atoms with E-state index in [4.69, 9.17) is 0 Å². The van der Waals surface area contributed by atoms with Crippen molar-refractivity contribution in [2.75, 3.05) is 13.1 Å². The van der Waals surface area contributed by atoms with Crippen LogP contribution in [0.1, 0.15) is 98.3 Å². The van der Waals surface area contributed by atoms with Gasteiger partial charge in [-0.3, -0.25) is 4.79 Å². The molecule has 152 valence electrons. The zero-order chi connectivity index (χ0) is 19.3. The minimum atomic E-state index is -1.49. The fraction of sp³-hybridized carbons (Fsp3) is 0.870. The van der Waals surface area contributed by atoms with Crippen LogP contribution >= 0.6 is 0 Å². The number of rotatable bonds is 14. The number of likely N-dealkylation sites (tertiary alicyclic amines) is 1. The second kappa shape index (κ2) is 13.6. The van der Waals surface area contributed by atoms with Crippen LogP contribution in [0.25, 0.3) is 0 Å². The van der Waals surface area contributed by atoms with Gasteiger partial charge in [0.15, 0.2) is 0 Å². The Kier molecular flexibility index (Phi) is 12.3. The molecule has 0 unspecified atom stereocenters. The van der Waals surface area contributed by atoms with Crippen LogP contribution in [0, 0.1) is 0 Å². The summed E-state index contributed by atoms with van der Waals surface area (Å²) in [7, 11) is -1.49. The normalized spacial score (nSPS) is 15.7. The molecule has 1 fully saturated rings. The molecule has 0 radical (unpaired) electrons. The topological polar surface area (TPSA) is 20.3 Å². The van der Waals surface area contributed by atoms with Crippen LogP contribution in [0.5, 0.6) is 0 Å². The third-order valence-corrected chi connectivity index (χ3v) is 11.0. The maximum atomic E-state index is 13.2. The summed E-state index contributed by atoms with van der Waals surface area (Å²) >= 11 is 0. The number of hydrogen-bond donors (Lipinski definition) is 0. The maximum Gasteiger partial charge on any atom is 0.249 e. The summed E-state index contributed by atoms with van der Waals surface area (Å²) in [6, 6.07) is 4.19. The third-order valence-electron chi connectivity index (χ3n) is 6.03. The average molecular weight is 380 g/mol. The van der Waals surface area contributed by atoms with Crippen molar-refractivity contribution < 1.29 is 4.79 Å². The first-order valence-corrected chi connectivity index (χ1v) is 14.3. The molecular formula is C23H45NOSi. The number of hydrogen-bond acceptors (Lipinski definition) is 1. The highest BCUT2D eigenvalue weighted by atomic mass is 28.3. The van der Waals surface area contributed by atoms with Crippen molar-refractivity contribution in [2.45, 2.75) is 116 Å². The maximum absolute atomic E-state index is 13.2. The predicted molar refractivity (Wildman–Crippen MR) is 118 cm³/mol. The number of amides is 1.